The van der Waals surface area contributed by atoms with E-state index >= 15 is 0 Å². The Kier molecular flexibility index (Phi) is 6.75. The number of aliphatic hydroxyl groups is 1. The van der Waals surface area contributed by atoms with E-state index in [9.17, 15) is 19.5 Å². The summed E-state index contributed by atoms with van der Waals surface area (Å²) in [5.74, 6) is -0.672. The number of β-amino-alcohol motifs (C(OH)–C–C–N with tert-alkyl or cyclic N) is 1. The fourth-order valence-corrected chi connectivity index (χ4v) is 6.13. The summed E-state index contributed by atoms with van der Waals surface area (Å²) in [6, 6.07) is 10.3. The number of primary amides is 1. The molecule has 1 saturated heterocycles. The van der Waals surface area contributed by atoms with Crippen LogP contribution >= 0.6 is 0 Å². The van der Waals surface area contributed by atoms with Gasteiger partial charge in [0.05, 0.1) is 24.2 Å². The minimum absolute atomic E-state index is 0.00208. The number of amides is 3. The molecule has 3 fully saturated rings. The highest BCUT2D eigenvalue weighted by molar-refractivity contribution is 5.89. The molecule has 2 saturated carbocycles. The van der Waals surface area contributed by atoms with Gasteiger partial charge in [0.25, 0.3) is 0 Å². The van der Waals surface area contributed by atoms with Gasteiger partial charge in [-0.05, 0) is 64.6 Å². The van der Waals surface area contributed by atoms with Gasteiger partial charge in [-0.25, -0.2) is 4.79 Å². The van der Waals surface area contributed by atoms with Gasteiger partial charge in [-0.1, -0.05) is 30.3 Å². The maximum absolute atomic E-state index is 13.5. The van der Waals surface area contributed by atoms with E-state index in [1.54, 1.807) is 4.90 Å². The largest absolute Gasteiger partial charge is 0.388 e. The number of carbonyl (C=O) groups excluding carboxylic acids is 3. The zero-order chi connectivity index (χ0) is 24.6. The standard InChI is InChI=1S/C26H38N4O4/c1-28(2)26(20-7-4-3-5-8-20)15-13-24(14-16-26)18-29(17-21(31)9-10-22(27)32)23(33)30(24)19-25(34)11-6-12-25/h3-5,7-8,34H,6,9-19H2,1-2H3,(H2,27,32). The molecule has 3 amide bonds. The third-order valence-electron chi connectivity index (χ3n) is 8.49. The zero-order valence-electron chi connectivity index (χ0n) is 20.5. The molecule has 0 radical (unpaired) electrons. The van der Waals surface area contributed by atoms with Crippen molar-refractivity contribution in [2.75, 3.05) is 33.7 Å². The van der Waals surface area contributed by atoms with Crippen LogP contribution in [0.25, 0.3) is 0 Å². The van der Waals surface area contributed by atoms with Crippen LogP contribution in [0.4, 0.5) is 4.79 Å². The van der Waals surface area contributed by atoms with E-state index in [4.69, 9.17) is 5.73 Å². The second-order valence-corrected chi connectivity index (χ2v) is 10.8. The minimum atomic E-state index is -0.829. The third kappa shape index (κ3) is 4.58. The first-order chi connectivity index (χ1) is 16.1. The molecule has 0 aromatic heterocycles. The topological polar surface area (TPSA) is 107 Å². The highest BCUT2D eigenvalue weighted by Crippen LogP contribution is 2.50. The van der Waals surface area contributed by atoms with Gasteiger partial charge in [0, 0.05) is 24.9 Å². The average Bonchev–Trinajstić information content (AvgIpc) is 3.03. The van der Waals surface area contributed by atoms with Crippen LogP contribution < -0.4 is 5.73 Å². The lowest BCUT2D eigenvalue weighted by Gasteiger charge is -2.52. The van der Waals surface area contributed by atoms with Crippen molar-refractivity contribution in [3.8, 4) is 0 Å². The quantitative estimate of drug-likeness (QED) is 0.576. The average molecular weight is 471 g/mol. The number of nitrogens with two attached hydrogens (primary N) is 1. The molecule has 4 rings (SSSR count). The first-order valence-electron chi connectivity index (χ1n) is 12.4. The smallest absolute Gasteiger partial charge is 0.321 e. The lowest BCUT2D eigenvalue weighted by atomic mass is 9.67. The van der Waals surface area contributed by atoms with Gasteiger partial charge >= 0.3 is 6.03 Å². The molecule has 2 aliphatic carbocycles. The van der Waals surface area contributed by atoms with E-state index in [0.29, 0.717) is 25.9 Å². The number of Topliss-reactive ketones (excluding diaryl/α,β-unsaturated/α-hetero) is 1. The van der Waals surface area contributed by atoms with Gasteiger partial charge in [-0.3, -0.25) is 14.5 Å². The summed E-state index contributed by atoms with van der Waals surface area (Å²) in [5.41, 5.74) is 5.12. The van der Waals surface area contributed by atoms with Crippen molar-refractivity contribution in [2.45, 2.75) is 74.5 Å². The number of rotatable bonds is 9. The molecule has 1 aliphatic heterocycles. The molecular weight excluding hydrogens is 432 g/mol. The minimum Gasteiger partial charge on any atom is -0.388 e. The van der Waals surface area contributed by atoms with Crippen molar-refractivity contribution < 1.29 is 19.5 Å². The van der Waals surface area contributed by atoms with Crippen LogP contribution in [0, 0.1) is 0 Å². The van der Waals surface area contributed by atoms with Gasteiger partial charge in [-0.15, -0.1) is 0 Å². The van der Waals surface area contributed by atoms with Crippen molar-refractivity contribution in [1.29, 1.82) is 0 Å². The molecule has 0 unspecified atom stereocenters. The van der Waals surface area contributed by atoms with Crippen molar-refractivity contribution in [3.05, 3.63) is 35.9 Å². The molecule has 186 valence electrons. The molecule has 8 nitrogen and oxygen atoms in total. The highest BCUT2D eigenvalue weighted by atomic mass is 16.3. The summed E-state index contributed by atoms with van der Waals surface area (Å²) >= 11 is 0. The molecule has 1 aromatic rings. The van der Waals surface area contributed by atoms with Crippen LogP contribution in [-0.4, -0.2) is 82.4 Å². The predicted octanol–water partition coefficient (Wildman–Crippen LogP) is 2.24. The Hall–Kier alpha value is -2.45. The number of nitrogens with zero attached hydrogens (tertiary/aromatic N) is 3. The van der Waals surface area contributed by atoms with Crippen molar-refractivity contribution >= 4 is 17.7 Å². The van der Waals surface area contributed by atoms with E-state index in [1.807, 2.05) is 11.0 Å². The molecule has 8 heteroatoms. The van der Waals surface area contributed by atoms with Crippen LogP contribution in [0.5, 0.6) is 0 Å². The summed E-state index contributed by atoms with van der Waals surface area (Å²) in [6.07, 6.45) is 5.80. The molecule has 3 aliphatic rings. The van der Waals surface area contributed by atoms with E-state index in [1.165, 1.54) is 5.56 Å². The molecule has 1 heterocycles. The van der Waals surface area contributed by atoms with Crippen LogP contribution in [0.2, 0.25) is 0 Å². The number of hydrogen-bond donors (Lipinski definition) is 2. The molecule has 1 aromatic carbocycles. The Morgan fingerprint density at radius 2 is 1.68 bits per heavy atom. The molecule has 0 bridgehead atoms. The second-order valence-electron chi connectivity index (χ2n) is 10.8. The Morgan fingerprint density at radius 1 is 1.03 bits per heavy atom. The summed E-state index contributed by atoms with van der Waals surface area (Å²) < 4.78 is 0. The third-order valence-corrected chi connectivity index (χ3v) is 8.49. The van der Waals surface area contributed by atoms with Crippen LogP contribution in [0.3, 0.4) is 0 Å². The highest BCUT2D eigenvalue weighted by Gasteiger charge is 2.56. The maximum Gasteiger partial charge on any atom is 0.321 e. The Balaban J connectivity index is 1.56. The van der Waals surface area contributed by atoms with Gasteiger partial charge in [-0.2, -0.15) is 0 Å². The van der Waals surface area contributed by atoms with Crippen molar-refractivity contribution in [1.82, 2.24) is 14.7 Å². The van der Waals surface area contributed by atoms with E-state index in [2.05, 4.69) is 43.3 Å². The normalized spacial score (nSPS) is 28.4. The van der Waals surface area contributed by atoms with Gasteiger partial charge in [0.2, 0.25) is 5.91 Å². The first kappa shape index (κ1) is 24.7. The summed E-state index contributed by atoms with van der Waals surface area (Å²) in [6.45, 7) is 0.779. The number of ketones is 1. The first-order valence-corrected chi connectivity index (χ1v) is 12.4. The van der Waals surface area contributed by atoms with Gasteiger partial charge in [0.1, 0.15) is 0 Å². The van der Waals surface area contributed by atoms with Gasteiger partial charge in [0.15, 0.2) is 5.78 Å². The molecule has 0 atom stereocenters. The van der Waals surface area contributed by atoms with E-state index in [0.717, 1.165) is 32.1 Å². The predicted molar refractivity (Wildman–Crippen MR) is 129 cm³/mol. The fourth-order valence-electron chi connectivity index (χ4n) is 6.13. The molecule has 34 heavy (non-hydrogen) atoms. The van der Waals surface area contributed by atoms with Crippen LogP contribution in [0.1, 0.15) is 63.4 Å². The summed E-state index contributed by atoms with van der Waals surface area (Å²) in [4.78, 5) is 42.9. The fraction of sp³-hybridized carbons (Fsp3) is 0.654. The van der Waals surface area contributed by atoms with Crippen LogP contribution in [-0.2, 0) is 15.1 Å². The zero-order valence-corrected chi connectivity index (χ0v) is 20.5. The molecule has 3 N–H and O–H groups in total. The van der Waals surface area contributed by atoms with E-state index < -0.39 is 17.0 Å². The van der Waals surface area contributed by atoms with E-state index in [-0.39, 0.29) is 36.7 Å². The number of hydrogen-bond acceptors (Lipinski definition) is 5. The lowest BCUT2D eigenvalue weighted by Crippen LogP contribution is -2.59. The Labute approximate surface area is 202 Å². The Morgan fingerprint density at radius 3 is 2.21 bits per heavy atom. The molecule has 1 spiro atoms. The van der Waals surface area contributed by atoms with Gasteiger partial charge < -0.3 is 20.6 Å². The van der Waals surface area contributed by atoms with Crippen molar-refractivity contribution in [2.24, 2.45) is 5.73 Å². The Bertz CT molecular complexity index is 920. The maximum atomic E-state index is 13.5. The molecular formula is C26H38N4O4. The lowest BCUT2D eigenvalue weighted by molar-refractivity contribution is -0.124. The number of benzene rings is 1. The van der Waals surface area contributed by atoms with Crippen molar-refractivity contribution in [3.63, 3.8) is 0 Å². The summed E-state index contributed by atoms with van der Waals surface area (Å²) in [7, 11) is 4.23. The second kappa shape index (κ2) is 9.30. The number of carbonyl (C=O) groups is 3. The summed E-state index contributed by atoms with van der Waals surface area (Å²) in [5, 5.41) is 10.9. The number of urea groups is 1. The SMILES string of the molecule is CN(C)C1(c2ccccc2)CCC2(CC1)CN(CC(=O)CCC(N)=O)C(=O)N2CC1(O)CCC1. The van der Waals surface area contributed by atoms with Crippen LogP contribution in [0.15, 0.2) is 30.3 Å². The monoisotopic (exact) mass is 470 g/mol.